The van der Waals surface area contributed by atoms with Crippen molar-refractivity contribution in [2.45, 2.75) is 64.5 Å². The maximum absolute atomic E-state index is 6.06. The van der Waals surface area contributed by atoms with Gasteiger partial charge in [0.15, 0.2) is 0 Å². The van der Waals surface area contributed by atoms with Gasteiger partial charge in [-0.2, -0.15) is 0 Å². The Hall–Kier alpha value is -1.80. The molecule has 0 aromatic heterocycles. The van der Waals surface area contributed by atoms with E-state index in [-0.39, 0.29) is 10.8 Å². The molecule has 2 aromatic carbocycles. The molecule has 0 bridgehead atoms. The molecule has 128 valence electrons. The lowest BCUT2D eigenvalue weighted by Crippen LogP contribution is -2.33. The molecule has 0 fully saturated rings. The molecule has 3 rings (SSSR count). The zero-order valence-electron chi connectivity index (χ0n) is 15.4. The van der Waals surface area contributed by atoms with E-state index in [1.165, 1.54) is 29.5 Å². The highest BCUT2D eigenvalue weighted by Gasteiger charge is 2.37. The highest BCUT2D eigenvalue weighted by Crippen LogP contribution is 2.46. The maximum atomic E-state index is 6.06. The minimum Gasteiger partial charge on any atom is -0.489 e. The summed E-state index contributed by atoms with van der Waals surface area (Å²) in [7, 11) is 0. The van der Waals surface area contributed by atoms with Crippen LogP contribution in [0.1, 0.15) is 62.8 Å². The molecular formula is C22H29NO. The number of benzene rings is 2. The second kappa shape index (κ2) is 6.25. The molecule has 0 radical (unpaired) electrons. The van der Waals surface area contributed by atoms with Gasteiger partial charge in [0.2, 0.25) is 0 Å². The van der Waals surface area contributed by atoms with Crippen LogP contribution in [0.15, 0.2) is 42.5 Å². The van der Waals surface area contributed by atoms with E-state index in [9.17, 15) is 0 Å². The van der Waals surface area contributed by atoms with E-state index < -0.39 is 0 Å². The largest absolute Gasteiger partial charge is 0.489 e. The zero-order chi connectivity index (χ0) is 17.4. The Morgan fingerprint density at radius 3 is 2.04 bits per heavy atom. The van der Waals surface area contributed by atoms with E-state index in [2.05, 4.69) is 70.2 Å². The average Bonchev–Trinajstić information content (AvgIpc) is 2.58. The molecule has 0 amide bonds. The average molecular weight is 323 g/mol. The van der Waals surface area contributed by atoms with Gasteiger partial charge in [-0.15, -0.1) is 0 Å². The predicted molar refractivity (Wildman–Crippen MR) is 100 cm³/mol. The summed E-state index contributed by atoms with van der Waals surface area (Å²) in [6, 6.07) is 15.0. The van der Waals surface area contributed by atoms with Crippen molar-refractivity contribution in [3.63, 3.8) is 0 Å². The fourth-order valence-electron chi connectivity index (χ4n) is 3.60. The monoisotopic (exact) mass is 323 g/mol. The lowest BCUT2D eigenvalue weighted by Gasteiger charge is -2.41. The summed E-state index contributed by atoms with van der Waals surface area (Å²) in [6.07, 6.45) is 2.46. The summed E-state index contributed by atoms with van der Waals surface area (Å²) in [5.41, 5.74) is 11.3. The number of fused-ring (bicyclic) bond motifs is 1. The van der Waals surface area contributed by atoms with Crippen LogP contribution in [0, 0.1) is 0 Å². The Morgan fingerprint density at radius 1 is 0.833 bits per heavy atom. The number of hydrogen-bond donors (Lipinski definition) is 1. The summed E-state index contributed by atoms with van der Waals surface area (Å²) in [4.78, 5) is 0. The summed E-state index contributed by atoms with van der Waals surface area (Å²) in [6.45, 7) is 10.6. The Kier molecular flexibility index (Phi) is 4.44. The quantitative estimate of drug-likeness (QED) is 0.852. The molecule has 0 spiro atoms. The van der Waals surface area contributed by atoms with Crippen LogP contribution in [0.4, 0.5) is 0 Å². The van der Waals surface area contributed by atoms with Crippen LogP contribution in [0.2, 0.25) is 0 Å². The van der Waals surface area contributed by atoms with Crippen LogP contribution >= 0.6 is 0 Å². The Bertz CT molecular complexity index is 713. The lowest BCUT2D eigenvalue weighted by molar-refractivity contribution is 0.298. The Morgan fingerprint density at radius 2 is 1.42 bits per heavy atom. The lowest BCUT2D eigenvalue weighted by atomic mass is 9.63. The summed E-state index contributed by atoms with van der Waals surface area (Å²) in [5.74, 6) is 0.961. The highest BCUT2D eigenvalue weighted by atomic mass is 16.5. The number of hydrogen-bond acceptors (Lipinski definition) is 2. The second-order valence-electron chi connectivity index (χ2n) is 8.28. The molecule has 2 N–H and O–H groups in total. The maximum Gasteiger partial charge on any atom is 0.120 e. The molecule has 2 heteroatoms. The van der Waals surface area contributed by atoms with Gasteiger partial charge in [0, 0.05) is 6.54 Å². The van der Waals surface area contributed by atoms with Crippen molar-refractivity contribution in [1.82, 2.24) is 0 Å². The molecular weight excluding hydrogens is 294 g/mol. The van der Waals surface area contributed by atoms with Gasteiger partial charge in [-0.3, -0.25) is 0 Å². The van der Waals surface area contributed by atoms with Crippen molar-refractivity contribution >= 4 is 0 Å². The Labute approximate surface area is 146 Å². The van der Waals surface area contributed by atoms with Gasteiger partial charge >= 0.3 is 0 Å². The molecule has 0 unspecified atom stereocenters. The third-order valence-corrected chi connectivity index (χ3v) is 5.49. The van der Waals surface area contributed by atoms with E-state index >= 15 is 0 Å². The molecule has 0 saturated carbocycles. The fraction of sp³-hybridized carbons (Fsp3) is 0.455. The standard InChI is InChI=1S/C22H29NO/c1-21(2)11-12-22(3,4)20-13-18(9-10-19(20)21)24-15-17-7-5-16(14-23)6-8-17/h5-10,13H,11-12,14-15,23H2,1-4H3. The van der Waals surface area contributed by atoms with Gasteiger partial charge in [-0.1, -0.05) is 58.0 Å². The topological polar surface area (TPSA) is 35.2 Å². The van der Waals surface area contributed by atoms with Gasteiger partial charge in [-0.05, 0) is 58.1 Å². The Balaban J connectivity index is 1.80. The van der Waals surface area contributed by atoms with E-state index in [1.807, 2.05) is 0 Å². The van der Waals surface area contributed by atoms with Gasteiger partial charge < -0.3 is 10.5 Å². The first-order chi connectivity index (χ1) is 11.3. The van der Waals surface area contributed by atoms with Crippen LogP contribution in [0.25, 0.3) is 0 Å². The second-order valence-corrected chi connectivity index (χ2v) is 8.28. The fourth-order valence-corrected chi connectivity index (χ4v) is 3.60. The molecule has 0 aliphatic heterocycles. The van der Waals surface area contributed by atoms with E-state index in [0.29, 0.717) is 13.2 Å². The molecule has 1 aliphatic carbocycles. The highest BCUT2D eigenvalue weighted by molar-refractivity contribution is 5.45. The third-order valence-electron chi connectivity index (χ3n) is 5.49. The normalized spacial score (nSPS) is 18.0. The van der Waals surface area contributed by atoms with Gasteiger partial charge in [0.1, 0.15) is 12.4 Å². The van der Waals surface area contributed by atoms with Crippen molar-refractivity contribution in [3.05, 3.63) is 64.7 Å². The number of rotatable bonds is 4. The molecule has 2 nitrogen and oxygen atoms in total. The van der Waals surface area contributed by atoms with Gasteiger partial charge in [-0.25, -0.2) is 0 Å². The SMILES string of the molecule is CC1(C)CCC(C)(C)c2cc(OCc3ccc(CN)cc3)ccc21. The predicted octanol–water partition coefficient (Wildman–Crippen LogP) is 5.07. The van der Waals surface area contributed by atoms with E-state index in [0.717, 1.165) is 11.3 Å². The van der Waals surface area contributed by atoms with Crippen LogP contribution < -0.4 is 10.5 Å². The minimum absolute atomic E-state index is 0.215. The summed E-state index contributed by atoms with van der Waals surface area (Å²) in [5, 5.41) is 0. The molecule has 0 saturated heterocycles. The van der Waals surface area contributed by atoms with E-state index in [1.54, 1.807) is 0 Å². The molecule has 1 aliphatic rings. The molecule has 24 heavy (non-hydrogen) atoms. The third kappa shape index (κ3) is 3.34. The van der Waals surface area contributed by atoms with Crippen molar-refractivity contribution < 1.29 is 4.74 Å². The first-order valence-corrected chi connectivity index (χ1v) is 8.87. The first kappa shape index (κ1) is 17.0. The number of ether oxygens (including phenoxy) is 1. The molecule has 0 heterocycles. The molecule has 0 atom stereocenters. The summed E-state index contributed by atoms with van der Waals surface area (Å²) >= 11 is 0. The summed E-state index contributed by atoms with van der Waals surface area (Å²) < 4.78 is 6.06. The van der Waals surface area contributed by atoms with Crippen LogP contribution in [0.5, 0.6) is 5.75 Å². The smallest absolute Gasteiger partial charge is 0.120 e. The van der Waals surface area contributed by atoms with Crippen molar-refractivity contribution in [3.8, 4) is 5.75 Å². The number of nitrogens with two attached hydrogens (primary N) is 1. The van der Waals surface area contributed by atoms with Crippen molar-refractivity contribution in [2.75, 3.05) is 0 Å². The van der Waals surface area contributed by atoms with Crippen LogP contribution in [0.3, 0.4) is 0 Å². The zero-order valence-corrected chi connectivity index (χ0v) is 15.4. The van der Waals surface area contributed by atoms with Gasteiger partial charge in [0.05, 0.1) is 0 Å². The first-order valence-electron chi connectivity index (χ1n) is 8.87. The van der Waals surface area contributed by atoms with Gasteiger partial charge in [0.25, 0.3) is 0 Å². The van der Waals surface area contributed by atoms with Crippen LogP contribution in [-0.4, -0.2) is 0 Å². The minimum atomic E-state index is 0.215. The molecule has 2 aromatic rings. The van der Waals surface area contributed by atoms with Crippen LogP contribution in [-0.2, 0) is 24.0 Å². The van der Waals surface area contributed by atoms with Crippen molar-refractivity contribution in [1.29, 1.82) is 0 Å². The van der Waals surface area contributed by atoms with E-state index in [4.69, 9.17) is 10.5 Å². The van der Waals surface area contributed by atoms with Crippen molar-refractivity contribution in [2.24, 2.45) is 5.73 Å².